The maximum absolute atomic E-state index is 5.84. The Balaban J connectivity index is 2.11. The van der Waals surface area contributed by atoms with E-state index in [1.807, 2.05) is 6.92 Å². The first-order chi connectivity index (χ1) is 7.70. The van der Waals surface area contributed by atoms with E-state index in [1.54, 1.807) is 6.20 Å². The number of hydrogen-bond donors (Lipinski definition) is 0. The molecule has 0 aromatic carbocycles. The van der Waals surface area contributed by atoms with E-state index in [0.29, 0.717) is 5.28 Å². The molecular weight excluding hydrogens is 222 g/mol. The van der Waals surface area contributed by atoms with Gasteiger partial charge in [-0.05, 0) is 37.3 Å². The molecule has 1 aromatic heterocycles. The van der Waals surface area contributed by atoms with E-state index >= 15 is 0 Å². The van der Waals surface area contributed by atoms with Gasteiger partial charge in [0, 0.05) is 24.8 Å². The Morgan fingerprint density at radius 2 is 2.38 bits per heavy atom. The Hall–Kier alpha value is -0.830. The Kier molecular flexibility index (Phi) is 3.64. The third-order valence-electron chi connectivity index (χ3n) is 3.20. The molecule has 88 valence electrons. The quantitative estimate of drug-likeness (QED) is 0.760. The maximum atomic E-state index is 5.84. The SMILES string of the molecule is CCCC1CCN(c2nc(Cl)ncc2C)C1. The topological polar surface area (TPSA) is 29.0 Å². The third kappa shape index (κ3) is 2.46. The summed E-state index contributed by atoms with van der Waals surface area (Å²) in [5.74, 6) is 1.83. The van der Waals surface area contributed by atoms with Crippen molar-refractivity contribution in [2.45, 2.75) is 33.1 Å². The Bertz CT molecular complexity index is 367. The van der Waals surface area contributed by atoms with Crippen LogP contribution in [0.4, 0.5) is 5.82 Å². The number of halogens is 1. The largest absolute Gasteiger partial charge is 0.356 e. The number of anilines is 1. The minimum Gasteiger partial charge on any atom is -0.356 e. The van der Waals surface area contributed by atoms with Crippen molar-refractivity contribution in [3.63, 3.8) is 0 Å². The molecule has 1 aliphatic rings. The summed E-state index contributed by atoms with van der Waals surface area (Å²) in [4.78, 5) is 10.7. The van der Waals surface area contributed by atoms with Crippen molar-refractivity contribution in [3.05, 3.63) is 17.0 Å². The zero-order valence-electron chi connectivity index (χ0n) is 9.91. The highest BCUT2D eigenvalue weighted by molar-refractivity contribution is 6.28. The molecule has 1 saturated heterocycles. The lowest BCUT2D eigenvalue weighted by molar-refractivity contribution is 0.529. The molecule has 0 saturated carbocycles. The summed E-state index contributed by atoms with van der Waals surface area (Å²) in [6.45, 7) is 6.50. The van der Waals surface area contributed by atoms with Gasteiger partial charge in [-0.3, -0.25) is 0 Å². The lowest BCUT2D eigenvalue weighted by Gasteiger charge is -2.19. The highest BCUT2D eigenvalue weighted by Crippen LogP contribution is 2.27. The van der Waals surface area contributed by atoms with Crippen LogP contribution in [0.15, 0.2) is 6.20 Å². The molecule has 2 rings (SSSR count). The van der Waals surface area contributed by atoms with Gasteiger partial charge < -0.3 is 4.90 Å². The predicted molar refractivity (Wildman–Crippen MR) is 67.0 cm³/mol. The van der Waals surface area contributed by atoms with Gasteiger partial charge in [-0.1, -0.05) is 13.3 Å². The van der Waals surface area contributed by atoms with Crippen molar-refractivity contribution < 1.29 is 0 Å². The van der Waals surface area contributed by atoms with Crippen LogP contribution in [-0.2, 0) is 0 Å². The summed E-state index contributed by atoms with van der Waals surface area (Å²) in [5.41, 5.74) is 1.11. The Labute approximate surface area is 102 Å². The maximum Gasteiger partial charge on any atom is 0.224 e. The first kappa shape index (κ1) is 11.6. The van der Waals surface area contributed by atoms with Crippen molar-refractivity contribution in [1.82, 2.24) is 9.97 Å². The number of rotatable bonds is 3. The monoisotopic (exact) mass is 239 g/mol. The predicted octanol–water partition coefficient (Wildman–Crippen LogP) is 3.06. The van der Waals surface area contributed by atoms with Gasteiger partial charge in [0.05, 0.1) is 0 Å². The van der Waals surface area contributed by atoms with Gasteiger partial charge in [-0.25, -0.2) is 9.97 Å². The minimum absolute atomic E-state index is 0.347. The van der Waals surface area contributed by atoms with Gasteiger partial charge in [0.2, 0.25) is 5.28 Å². The molecule has 0 spiro atoms. The smallest absolute Gasteiger partial charge is 0.224 e. The van der Waals surface area contributed by atoms with E-state index < -0.39 is 0 Å². The second-order valence-corrected chi connectivity index (χ2v) is 4.87. The van der Waals surface area contributed by atoms with Crippen LogP contribution in [0.1, 0.15) is 31.7 Å². The van der Waals surface area contributed by atoms with E-state index in [0.717, 1.165) is 30.4 Å². The van der Waals surface area contributed by atoms with Gasteiger partial charge >= 0.3 is 0 Å². The van der Waals surface area contributed by atoms with Crippen LogP contribution in [-0.4, -0.2) is 23.1 Å². The Morgan fingerprint density at radius 1 is 1.56 bits per heavy atom. The summed E-state index contributed by atoms with van der Waals surface area (Å²) in [6, 6.07) is 0. The second-order valence-electron chi connectivity index (χ2n) is 4.54. The number of hydrogen-bond acceptors (Lipinski definition) is 3. The fourth-order valence-corrected chi connectivity index (χ4v) is 2.53. The summed E-state index contributed by atoms with van der Waals surface area (Å²) < 4.78 is 0. The molecule has 3 nitrogen and oxygen atoms in total. The van der Waals surface area contributed by atoms with Crippen molar-refractivity contribution in [3.8, 4) is 0 Å². The summed E-state index contributed by atoms with van der Waals surface area (Å²) in [5, 5.41) is 0.347. The molecule has 1 fully saturated rings. The van der Waals surface area contributed by atoms with Crippen molar-refractivity contribution >= 4 is 17.4 Å². The van der Waals surface area contributed by atoms with Crippen LogP contribution >= 0.6 is 11.6 Å². The van der Waals surface area contributed by atoms with Crippen LogP contribution in [0.3, 0.4) is 0 Å². The number of aryl methyl sites for hydroxylation is 1. The molecule has 0 N–H and O–H groups in total. The molecule has 1 atom stereocenters. The lowest BCUT2D eigenvalue weighted by atomic mass is 10.0. The van der Waals surface area contributed by atoms with Crippen molar-refractivity contribution in [2.75, 3.05) is 18.0 Å². The van der Waals surface area contributed by atoms with Crippen molar-refractivity contribution in [2.24, 2.45) is 5.92 Å². The molecule has 4 heteroatoms. The molecular formula is C12H18ClN3. The van der Waals surface area contributed by atoms with Gasteiger partial charge in [0.1, 0.15) is 5.82 Å². The van der Waals surface area contributed by atoms with E-state index in [1.165, 1.54) is 19.3 Å². The molecule has 1 aromatic rings. The lowest BCUT2D eigenvalue weighted by Crippen LogP contribution is -2.22. The van der Waals surface area contributed by atoms with Crippen LogP contribution in [0.2, 0.25) is 5.28 Å². The summed E-state index contributed by atoms with van der Waals surface area (Å²) in [6.07, 6.45) is 5.66. The van der Waals surface area contributed by atoms with Crippen LogP contribution in [0.25, 0.3) is 0 Å². The molecule has 1 aliphatic heterocycles. The normalized spacial score (nSPS) is 20.4. The standard InChI is InChI=1S/C12H18ClN3/c1-3-4-10-5-6-16(8-10)11-9(2)7-14-12(13)15-11/h7,10H,3-6,8H2,1-2H3. The summed E-state index contributed by atoms with van der Waals surface area (Å²) >= 11 is 5.84. The average Bonchev–Trinajstić information content (AvgIpc) is 2.71. The number of aromatic nitrogens is 2. The third-order valence-corrected chi connectivity index (χ3v) is 3.38. The van der Waals surface area contributed by atoms with E-state index in [9.17, 15) is 0 Å². The van der Waals surface area contributed by atoms with Gasteiger partial charge in [0.25, 0.3) is 0 Å². The van der Waals surface area contributed by atoms with Crippen molar-refractivity contribution in [1.29, 1.82) is 0 Å². The van der Waals surface area contributed by atoms with E-state index in [4.69, 9.17) is 11.6 Å². The van der Waals surface area contributed by atoms with Gasteiger partial charge in [-0.15, -0.1) is 0 Å². The molecule has 1 unspecified atom stereocenters. The van der Waals surface area contributed by atoms with E-state index in [2.05, 4.69) is 21.8 Å². The molecule has 16 heavy (non-hydrogen) atoms. The zero-order chi connectivity index (χ0) is 11.5. The first-order valence-corrected chi connectivity index (χ1v) is 6.32. The highest BCUT2D eigenvalue weighted by Gasteiger charge is 2.23. The molecule has 0 radical (unpaired) electrons. The van der Waals surface area contributed by atoms with Gasteiger partial charge in [0.15, 0.2) is 0 Å². The van der Waals surface area contributed by atoms with E-state index in [-0.39, 0.29) is 0 Å². The minimum atomic E-state index is 0.347. The zero-order valence-corrected chi connectivity index (χ0v) is 10.7. The average molecular weight is 240 g/mol. The molecule has 0 aliphatic carbocycles. The van der Waals surface area contributed by atoms with Crippen LogP contribution in [0.5, 0.6) is 0 Å². The second kappa shape index (κ2) is 5.00. The van der Waals surface area contributed by atoms with Crippen LogP contribution < -0.4 is 4.90 Å². The molecule has 0 amide bonds. The fourth-order valence-electron chi connectivity index (χ4n) is 2.40. The highest BCUT2D eigenvalue weighted by atomic mass is 35.5. The molecule has 2 heterocycles. The van der Waals surface area contributed by atoms with Crippen LogP contribution in [0, 0.1) is 12.8 Å². The first-order valence-electron chi connectivity index (χ1n) is 5.94. The molecule has 0 bridgehead atoms. The van der Waals surface area contributed by atoms with Gasteiger partial charge in [-0.2, -0.15) is 0 Å². The Morgan fingerprint density at radius 3 is 3.12 bits per heavy atom. The number of nitrogens with zero attached hydrogens (tertiary/aromatic N) is 3. The summed E-state index contributed by atoms with van der Waals surface area (Å²) in [7, 11) is 0. The fraction of sp³-hybridized carbons (Fsp3) is 0.667.